The second kappa shape index (κ2) is 10.9. The van der Waals surface area contributed by atoms with Crippen LogP contribution in [0, 0.1) is 0 Å². The van der Waals surface area contributed by atoms with E-state index in [4.69, 9.17) is 11.6 Å². The first-order chi connectivity index (χ1) is 12.6. The largest absolute Gasteiger partial charge is 0.469 e. The first-order valence-electron chi connectivity index (χ1n) is 9.11. The average Bonchev–Trinajstić information content (AvgIpc) is 3.10. The van der Waals surface area contributed by atoms with Crippen LogP contribution in [0.4, 0.5) is 5.82 Å². The van der Waals surface area contributed by atoms with Crippen molar-refractivity contribution < 1.29 is 9.53 Å². The highest BCUT2D eigenvalue weighted by Crippen LogP contribution is 2.25. The molecule has 2 heterocycles. The van der Waals surface area contributed by atoms with E-state index in [0.717, 1.165) is 50.7 Å². The molecule has 0 bridgehead atoms. The predicted molar refractivity (Wildman–Crippen MR) is 105 cm³/mol. The summed E-state index contributed by atoms with van der Waals surface area (Å²) >= 11 is 6.24. The number of hydrogen-bond donors (Lipinski definition) is 2. The molecule has 0 amide bonds. The molecule has 0 aliphatic carbocycles. The molecule has 144 valence electrons. The van der Waals surface area contributed by atoms with Gasteiger partial charge in [0.25, 0.3) is 0 Å². The van der Waals surface area contributed by atoms with Gasteiger partial charge in [0.15, 0.2) is 5.96 Å². The van der Waals surface area contributed by atoms with Crippen LogP contribution in [0.2, 0.25) is 5.02 Å². The van der Waals surface area contributed by atoms with E-state index < -0.39 is 0 Å². The van der Waals surface area contributed by atoms with Gasteiger partial charge in [0.1, 0.15) is 5.82 Å². The minimum Gasteiger partial charge on any atom is -0.469 e. The minimum atomic E-state index is -0.168. The zero-order valence-corrected chi connectivity index (χ0v) is 16.3. The minimum absolute atomic E-state index is 0.168. The Kier molecular flexibility index (Phi) is 8.47. The number of halogens is 1. The number of nitrogens with one attached hydrogen (secondary N) is 2. The van der Waals surface area contributed by atoms with E-state index in [1.54, 1.807) is 6.20 Å². The van der Waals surface area contributed by atoms with Crippen LogP contribution in [0.15, 0.2) is 23.3 Å². The molecule has 1 aliphatic heterocycles. The van der Waals surface area contributed by atoms with Crippen LogP contribution < -0.4 is 15.5 Å². The number of aliphatic imine (C=N–C) groups is 1. The maximum Gasteiger partial charge on any atom is 0.305 e. The molecule has 1 saturated heterocycles. The Hall–Kier alpha value is -2.02. The van der Waals surface area contributed by atoms with Crippen LogP contribution >= 0.6 is 11.6 Å². The molecule has 1 unspecified atom stereocenters. The lowest BCUT2D eigenvalue weighted by Gasteiger charge is -2.20. The Morgan fingerprint density at radius 2 is 2.35 bits per heavy atom. The highest BCUT2D eigenvalue weighted by atomic mass is 35.5. The van der Waals surface area contributed by atoms with E-state index >= 15 is 0 Å². The van der Waals surface area contributed by atoms with Crippen molar-refractivity contribution in [3.05, 3.63) is 23.4 Å². The SMILES string of the molecule is CCNC(=NCCCCC(=O)OC)NC1CCN(c2ncccc2Cl)C1. The van der Waals surface area contributed by atoms with Crippen molar-refractivity contribution in [2.45, 2.75) is 38.6 Å². The second-order valence-corrected chi connectivity index (χ2v) is 6.59. The smallest absolute Gasteiger partial charge is 0.305 e. The number of carbonyl (C=O) groups excluding carboxylic acids is 1. The van der Waals surface area contributed by atoms with Crippen LogP contribution in [0.3, 0.4) is 0 Å². The fourth-order valence-electron chi connectivity index (χ4n) is 2.87. The third-order valence-electron chi connectivity index (χ3n) is 4.20. The monoisotopic (exact) mass is 381 g/mol. The van der Waals surface area contributed by atoms with Gasteiger partial charge in [-0.15, -0.1) is 0 Å². The summed E-state index contributed by atoms with van der Waals surface area (Å²) in [4.78, 5) is 22.3. The van der Waals surface area contributed by atoms with Gasteiger partial charge in [-0.05, 0) is 38.3 Å². The van der Waals surface area contributed by atoms with E-state index in [9.17, 15) is 4.79 Å². The summed E-state index contributed by atoms with van der Waals surface area (Å²) in [7, 11) is 1.41. The normalized spacial score (nSPS) is 17.3. The number of rotatable bonds is 8. The first kappa shape index (κ1) is 20.3. The van der Waals surface area contributed by atoms with Crippen molar-refractivity contribution in [1.82, 2.24) is 15.6 Å². The molecule has 0 saturated carbocycles. The van der Waals surface area contributed by atoms with E-state index in [-0.39, 0.29) is 5.97 Å². The number of aromatic nitrogens is 1. The van der Waals surface area contributed by atoms with E-state index in [0.29, 0.717) is 24.0 Å². The Bertz CT molecular complexity index is 611. The van der Waals surface area contributed by atoms with Crippen molar-refractivity contribution in [2.75, 3.05) is 38.2 Å². The van der Waals surface area contributed by atoms with E-state index in [1.807, 2.05) is 19.1 Å². The number of nitrogens with zero attached hydrogens (tertiary/aromatic N) is 3. The molecule has 0 aromatic carbocycles. The molecule has 1 atom stereocenters. The van der Waals surface area contributed by atoms with Crippen LogP contribution in [0.5, 0.6) is 0 Å². The standard InChI is InChI=1S/C18H28ClN5O2/c1-3-20-18(22-10-5-4-8-16(25)26-2)23-14-9-12-24(13-14)17-15(19)7-6-11-21-17/h6-7,11,14H,3-5,8-10,12-13H2,1-2H3,(H2,20,22,23). The van der Waals surface area contributed by atoms with Gasteiger partial charge in [0.2, 0.25) is 0 Å². The van der Waals surface area contributed by atoms with Crippen molar-refractivity contribution in [1.29, 1.82) is 0 Å². The molecule has 0 spiro atoms. The molecule has 2 N–H and O–H groups in total. The molecule has 0 radical (unpaired) electrons. The molecular formula is C18H28ClN5O2. The third-order valence-corrected chi connectivity index (χ3v) is 4.49. The van der Waals surface area contributed by atoms with Gasteiger partial charge in [-0.1, -0.05) is 11.6 Å². The Morgan fingerprint density at radius 1 is 1.50 bits per heavy atom. The number of pyridine rings is 1. The maximum absolute atomic E-state index is 11.1. The van der Waals surface area contributed by atoms with Crippen LogP contribution in [-0.4, -0.2) is 56.2 Å². The fourth-order valence-corrected chi connectivity index (χ4v) is 3.11. The highest BCUT2D eigenvalue weighted by molar-refractivity contribution is 6.32. The van der Waals surface area contributed by atoms with Gasteiger partial charge >= 0.3 is 5.97 Å². The number of methoxy groups -OCH3 is 1. The van der Waals surface area contributed by atoms with Crippen LogP contribution in [0.25, 0.3) is 0 Å². The number of unbranched alkanes of at least 4 members (excludes halogenated alkanes) is 1. The number of guanidine groups is 1. The lowest BCUT2D eigenvalue weighted by Crippen LogP contribution is -2.44. The molecule has 1 fully saturated rings. The zero-order valence-electron chi connectivity index (χ0n) is 15.5. The first-order valence-corrected chi connectivity index (χ1v) is 9.49. The topological polar surface area (TPSA) is 78.8 Å². The highest BCUT2D eigenvalue weighted by Gasteiger charge is 2.25. The van der Waals surface area contributed by atoms with Crippen molar-refractivity contribution >= 4 is 29.3 Å². The van der Waals surface area contributed by atoms with Gasteiger partial charge in [0.05, 0.1) is 12.1 Å². The van der Waals surface area contributed by atoms with E-state index in [2.05, 4.69) is 30.2 Å². The molecule has 2 rings (SSSR count). The number of ether oxygens (including phenoxy) is 1. The summed E-state index contributed by atoms with van der Waals surface area (Å²) in [5, 5.41) is 7.43. The summed E-state index contributed by atoms with van der Waals surface area (Å²) in [5.74, 6) is 1.48. The van der Waals surface area contributed by atoms with Gasteiger partial charge in [-0.3, -0.25) is 9.79 Å². The Morgan fingerprint density at radius 3 is 3.08 bits per heavy atom. The molecule has 1 aliphatic rings. The number of hydrogen-bond acceptors (Lipinski definition) is 5. The number of anilines is 1. The third kappa shape index (κ3) is 6.37. The summed E-state index contributed by atoms with van der Waals surface area (Å²) in [6.45, 7) is 5.27. The maximum atomic E-state index is 11.1. The molecule has 26 heavy (non-hydrogen) atoms. The lowest BCUT2D eigenvalue weighted by atomic mass is 10.2. The van der Waals surface area contributed by atoms with Gasteiger partial charge in [-0.25, -0.2) is 4.98 Å². The zero-order chi connectivity index (χ0) is 18.8. The van der Waals surface area contributed by atoms with Crippen LogP contribution in [-0.2, 0) is 9.53 Å². The second-order valence-electron chi connectivity index (χ2n) is 6.18. The lowest BCUT2D eigenvalue weighted by molar-refractivity contribution is -0.140. The van der Waals surface area contributed by atoms with Crippen molar-refractivity contribution in [2.24, 2.45) is 4.99 Å². The summed E-state index contributed by atoms with van der Waals surface area (Å²) in [6.07, 6.45) is 4.84. The van der Waals surface area contributed by atoms with Gasteiger partial charge < -0.3 is 20.3 Å². The summed E-state index contributed by atoms with van der Waals surface area (Å²) < 4.78 is 4.64. The van der Waals surface area contributed by atoms with E-state index in [1.165, 1.54) is 7.11 Å². The van der Waals surface area contributed by atoms with Gasteiger partial charge in [0, 0.05) is 44.8 Å². The molecule has 8 heteroatoms. The molecule has 1 aromatic heterocycles. The summed E-state index contributed by atoms with van der Waals surface area (Å²) in [5.41, 5.74) is 0. The number of carbonyl (C=O) groups is 1. The average molecular weight is 382 g/mol. The van der Waals surface area contributed by atoms with Gasteiger partial charge in [-0.2, -0.15) is 0 Å². The van der Waals surface area contributed by atoms with Crippen LogP contribution in [0.1, 0.15) is 32.6 Å². The molecular weight excluding hydrogens is 354 g/mol. The Balaban J connectivity index is 1.81. The number of esters is 1. The fraction of sp³-hybridized carbons (Fsp3) is 0.611. The molecule has 7 nitrogen and oxygen atoms in total. The quantitative estimate of drug-likeness (QED) is 0.311. The Labute approximate surface area is 160 Å². The summed E-state index contributed by atoms with van der Waals surface area (Å²) in [6, 6.07) is 4.00. The van der Waals surface area contributed by atoms with Crippen molar-refractivity contribution in [3.63, 3.8) is 0 Å². The molecule has 1 aromatic rings. The van der Waals surface area contributed by atoms with Crippen molar-refractivity contribution in [3.8, 4) is 0 Å². The predicted octanol–water partition coefficient (Wildman–Crippen LogP) is 2.21.